The number of ether oxygens (including phenoxy) is 2. The number of hydrogen-bond donors (Lipinski definition) is 2. The van der Waals surface area contributed by atoms with Crippen LogP contribution in [0.1, 0.15) is 24.0 Å². The van der Waals surface area contributed by atoms with Gasteiger partial charge in [-0.25, -0.2) is 0 Å². The molecule has 0 aliphatic heterocycles. The fourth-order valence-corrected chi connectivity index (χ4v) is 3.72. The van der Waals surface area contributed by atoms with Crippen LogP contribution in [0, 0.1) is 0 Å². The molecule has 158 valence electrons. The minimum absolute atomic E-state index is 0.122. The summed E-state index contributed by atoms with van der Waals surface area (Å²) in [5.74, 6) is 1.49. The Morgan fingerprint density at radius 2 is 1.93 bits per heavy atom. The maximum Gasteiger partial charge on any atom is 0.236 e. The van der Waals surface area contributed by atoms with Crippen LogP contribution < -0.4 is 14.8 Å². The number of para-hydroxylation sites is 1. The molecule has 3 aromatic rings. The molecule has 1 amide bonds. The van der Waals surface area contributed by atoms with E-state index >= 15 is 0 Å². The number of H-pyrrole nitrogens is 1. The lowest BCUT2D eigenvalue weighted by Gasteiger charge is -2.24. The van der Waals surface area contributed by atoms with Crippen LogP contribution in [0.3, 0.4) is 0 Å². The van der Waals surface area contributed by atoms with Crippen LogP contribution in [0.2, 0.25) is 0 Å². The van der Waals surface area contributed by atoms with E-state index in [9.17, 15) is 4.79 Å². The first kappa shape index (κ1) is 20.3. The monoisotopic (exact) mass is 407 g/mol. The summed E-state index contributed by atoms with van der Waals surface area (Å²) >= 11 is 0. The van der Waals surface area contributed by atoms with Gasteiger partial charge in [0.15, 0.2) is 11.5 Å². The minimum Gasteiger partial charge on any atom is -0.493 e. The van der Waals surface area contributed by atoms with Crippen molar-refractivity contribution in [2.24, 2.45) is 0 Å². The molecule has 1 aromatic heterocycles. The number of carbonyl (C=O) groups excluding carboxylic acids is 1. The van der Waals surface area contributed by atoms with Gasteiger partial charge in [0.2, 0.25) is 5.91 Å². The van der Waals surface area contributed by atoms with E-state index in [2.05, 4.69) is 22.4 Å². The molecule has 6 nitrogen and oxygen atoms in total. The summed E-state index contributed by atoms with van der Waals surface area (Å²) in [5, 5.41) is 4.56. The molecule has 0 unspecified atom stereocenters. The molecule has 1 aliphatic rings. The second-order valence-corrected chi connectivity index (χ2v) is 7.77. The number of carbonyl (C=O) groups is 1. The van der Waals surface area contributed by atoms with E-state index in [-0.39, 0.29) is 5.91 Å². The number of aromatic nitrogens is 1. The maximum atomic E-state index is 13.0. The molecule has 30 heavy (non-hydrogen) atoms. The molecule has 2 aromatic carbocycles. The number of fused-ring (bicyclic) bond motifs is 1. The molecule has 1 aliphatic carbocycles. The van der Waals surface area contributed by atoms with Gasteiger partial charge in [0.05, 0.1) is 20.8 Å². The van der Waals surface area contributed by atoms with E-state index in [0.29, 0.717) is 37.2 Å². The summed E-state index contributed by atoms with van der Waals surface area (Å²) in [6, 6.07) is 14.6. The van der Waals surface area contributed by atoms with Gasteiger partial charge >= 0.3 is 0 Å². The van der Waals surface area contributed by atoms with Gasteiger partial charge < -0.3 is 24.7 Å². The van der Waals surface area contributed by atoms with Crippen molar-refractivity contribution in [2.75, 3.05) is 27.3 Å². The third-order valence-electron chi connectivity index (χ3n) is 5.62. The van der Waals surface area contributed by atoms with E-state index in [4.69, 9.17) is 9.47 Å². The number of amides is 1. The summed E-state index contributed by atoms with van der Waals surface area (Å²) in [6.07, 6.45) is 5.18. The summed E-state index contributed by atoms with van der Waals surface area (Å²) in [5.41, 5.74) is 3.37. The van der Waals surface area contributed by atoms with E-state index < -0.39 is 0 Å². The fourth-order valence-electron chi connectivity index (χ4n) is 3.72. The van der Waals surface area contributed by atoms with Crippen LogP contribution in [-0.2, 0) is 17.8 Å². The van der Waals surface area contributed by atoms with Gasteiger partial charge in [-0.15, -0.1) is 0 Å². The van der Waals surface area contributed by atoms with Crippen LogP contribution in [-0.4, -0.2) is 49.1 Å². The number of benzene rings is 2. The molecule has 1 fully saturated rings. The SMILES string of the molecule is COc1ccc(CN(CCc2c[nH]c3ccccc23)C(=O)CNC2CC2)cc1OC. The predicted octanol–water partition coefficient (Wildman–Crippen LogP) is 3.51. The van der Waals surface area contributed by atoms with Gasteiger partial charge in [-0.3, -0.25) is 4.79 Å². The highest BCUT2D eigenvalue weighted by Gasteiger charge is 2.23. The molecule has 2 N–H and O–H groups in total. The minimum atomic E-state index is 0.122. The summed E-state index contributed by atoms with van der Waals surface area (Å²) in [6.45, 7) is 1.57. The van der Waals surface area contributed by atoms with Crippen LogP contribution in [0.15, 0.2) is 48.7 Å². The third-order valence-corrected chi connectivity index (χ3v) is 5.62. The van der Waals surface area contributed by atoms with Gasteiger partial charge in [-0.2, -0.15) is 0 Å². The first-order chi connectivity index (χ1) is 14.7. The van der Waals surface area contributed by atoms with Gasteiger partial charge in [0, 0.05) is 36.2 Å². The molecular weight excluding hydrogens is 378 g/mol. The Hall–Kier alpha value is -2.99. The molecule has 0 spiro atoms. The second kappa shape index (κ2) is 9.22. The van der Waals surface area contributed by atoms with Crippen molar-refractivity contribution in [2.45, 2.75) is 31.8 Å². The average molecular weight is 408 g/mol. The Morgan fingerprint density at radius 3 is 2.70 bits per heavy atom. The standard InChI is InChI=1S/C24H29N3O3/c1-29-22-10-7-17(13-23(22)30-2)16-27(24(28)15-25-19-8-9-19)12-11-18-14-26-21-6-4-3-5-20(18)21/h3-7,10,13-14,19,25-26H,8-9,11-12,15-16H2,1-2H3. The van der Waals surface area contributed by atoms with Crippen molar-refractivity contribution < 1.29 is 14.3 Å². The van der Waals surface area contributed by atoms with Crippen molar-refractivity contribution in [3.8, 4) is 11.5 Å². The number of hydrogen-bond acceptors (Lipinski definition) is 4. The van der Waals surface area contributed by atoms with E-state index in [1.165, 1.54) is 10.9 Å². The number of rotatable bonds is 10. The van der Waals surface area contributed by atoms with Gasteiger partial charge in [0.25, 0.3) is 0 Å². The van der Waals surface area contributed by atoms with Crippen LogP contribution in [0.5, 0.6) is 11.5 Å². The van der Waals surface area contributed by atoms with Crippen molar-refractivity contribution in [1.82, 2.24) is 15.2 Å². The number of nitrogens with one attached hydrogen (secondary N) is 2. The van der Waals surface area contributed by atoms with E-state index in [1.807, 2.05) is 41.4 Å². The number of methoxy groups -OCH3 is 2. The quantitative estimate of drug-likeness (QED) is 0.540. The zero-order valence-corrected chi connectivity index (χ0v) is 17.6. The Balaban J connectivity index is 1.49. The van der Waals surface area contributed by atoms with Crippen molar-refractivity contribution in [1.29, 1.82) is 0 Å². The Bertz CT molecular complexity index is 1010. The molecule has 1 saturated carbocycles. The van der Waals surface area contributed by atoms with Crippen molar-refractivity contribution in [3.63, 3.8) is 0 Å². The lowest BCUT2D eigenvalue weighted by Crippen LogP contribution is -2.39. The zero-order valence-electron chi connectivity index (χ0n) is 17.6. The normalized spacial score (nSPS) is 13.4. The first-order valence-electron chi connectivity index (χ1n) is 10.4. The lowest BCUT2D eigenvalue weighted by molar-refractivity contribution is -0.130. The van der Waals surface area contributed by atoms with Crippen LogP contribution >= 0.6 is 0 Å². The molecular formula is C24H29N3O3. The highest BCUT2D eigenvalue weighted by Crippen LogP contribution is 2.28. The summed E-state index contributed by atoms with van der Waals surface area (Å²) in [4.78, 5) is 18.2. The third kappa shape index (κ3) is 4.76. The molecule has 4 rings (SSSR count). The number of nitrogens with zero attached hydrogens (tertiary/aromatic N) is 1. The van der Waals surface area contributed by atoms with Gasteiger partial charge in [-0.05, 0) is 48.6 Å². The molecule has 0 bridgehead atoms. The topological polar surface area (TPSA) is 66.6 Å². The predicted molar refractivity (Wildman–Crippen MR) is 118 cm³/mol. The number of aromatic amines is 1. The molecule has 0 atom stereocenters. The van der Waals surface area contributed by atoms with E-state index in [1.54, 1.807) is 14.2 Å². The van der Waals surface area contributed by atoms with Crippen LogP contribution in [0.25, 0.3) is 10.9 Å². The first-order valence-corrected chi connectivity index (χ1v) is 10.4. The molecule has 0 radical (unpaired) electrons. The largest absolute Gasteiger partial charge is 0.493 e. The molecule has 1 heterocycles. The highest BCUT2D eigenvalue weighted by molar-refractivity contribution is 5.83. The van der Waals surface area contributed by atoms with Crippen molar-refractivity contribution >= 4 is 16.8 Å². The Labute approximate surface area is 177 Å². The second-order valence-electron chi connectivity index (χ2n) is 7.77. The van der Waals surface area contributed by atoms with E-state index in [0.717, 1.165) is 30.3 Å². The van der Waals surface area contributed by atoms with Crippen LogP contribution in [0.4, 0.5) is 0 Å². The van der Waals surface area contributed by atoms with Crippen molar-refractivity contribution in [3.05, 3.63) is 59.8 Å². The molecule has 6 heteroatoms. The maximum absolute atomic E-state index is 13.0. The Kier molecular flexibility index (Phi) is 6.23. The smallest absolute Gasteiger partial charge is 0.236 e. The summed E-state index contributed by atoms with van der Waals surface area (Å²) in [7, 11) is 3.25. The van der Waals surface area contributed by atoms with Gasteiger partial charge in [-0.1, -0.05) is 24.3 Å². The lowest BCUT2D eigenvalue weighted by atomic mass is 10.1. The highest BCUT2D eigenvalue weighted by atomic mass is 16.5. The average Bonchev–Trinajstić information content (AvgIpc) is 3.53. The summed E-state index contributed by atoms with van der Waals surface area (Å²) < 4.78 is 10.8. The fraction of sp³-hybridized carbons (Fsp3) is 0.375. The molecule has 0 saturated heterocycles. The van der Waals surface area contributed by atoms with Gasteiger partial charge in [0.1, 0.15) is 0 Å². The zero-order chi connectivity index (χ0) is 20.9. The Morgan fingerprint density at radius 1 is 1.13 bits per heavy atom.